The largest absolute Gasteiger partial charge is 0.444 e. The van der Waals surface area contributed by atoms with Gasteiger partial charge in [-0.3, -0.25) is 0 Å². The molecule has 1 aliphatic rings. The standard InChI is InChI=1S/C16H24FN3O2/c1-16(2,3)22-15(21)20-8-6-19(7-9-20)14-5-4-13(17)10-12(14)11-18/h4-5,10H,6-9,11,18H2,1-3H3. The van der Waals surface area contributed by atoms with Crippen molar-refractivity contribution < 1.29 is 13.9 Å². The molecule has 0 atom stereocenters. The van der Waals surface area contributed by atoms with Gasteiger partial charge in [0.1, 0.15) is 11.4 Å². The van der Waals surface area contributed by atoms with Crippen LogP contribution in [0.4, 0.5) is 14.9 Å². The van der Waals surface area contributed by atoms with E-state index >= 15 is 0 Å². The predicted octanol–water partition coefficient (Wildman–Crippen LogP) is 2.34. The van der Waals surface area contributed by atoms with Crippen molar-refractivity contribution in [1.29, 1.82) is 0 Å². The van der Waals surface area contributed by atoms with Gasteiger partial charge in [0, 0.05) is 38.4 Å². The molecule has 5 nitrogen and oxygen atoms in total. The maximum atomic E-state index is 13.3. The van der Waals surface area contributed by atoms with E-state index in [1.165, 1.54) is 12.1 Å². The molecule has 1 heterocycles. The van der Waals surface area contributed by atoms with Crippen molar-refractivity contribution >= 4 is 11.8 Å². The SMILES string of the molecule is CC(C)(C)OC(=O)N1CCN(c2ccc(F)cc2CN)CC1. The third kappa shape index (κ3) is 4.10. The molecule has 6 heteroatoms. The van der Waals surface area contributed by atoms with Gasteiger partial charge in [0.15, 0.2) is 0 Å². The Morgan fingerprint density at radius 3 is 2.45 bits per heavy atom. The third-order valence-corrected chi connectivity index (χ3v) is 3.53. The van der Waals surface area contributed by atoms with Gasteiger partial charge in [0.05, 0.1) is 0 Å². The molecular formula is C16H24FN3O2. The molecule has 0 saturated carbocycles. The number of piperazine rings is 1. The van der Waals surface area contributed by atoms with E-state index in [1.807, 2.05) is 20.8 Å². The van der Waals surface area contributed by atoms with E-state index in [2.05, 4.69) is 4.90 Å². The van der Waals surface area contributed by atoms with E-state index in [-0.39, 0.29) is 11.9 Å². The molecule has 1 amide bonds. The minimum atomic E-state index is -0.488. The summed E-state index contributed by atoms with van der Waals surface area (Å²) in [6.07, 6.45) is -0.287. The average Bonchev–Trinajstić information content (AvgIpc) is 2.45. The fraction of sp³-hybridized carbons (Fsp3) is 0.562. The summed E-state index contributed by atoms with van der Waals surface area (Å²) in [5.41, 5.74) is 6.93. The predicted molar refractivity (Wildman–Crippen MR) is 84.3 cm³/mol. The van der Waals surface area contributed by atoms with Gasteiger partial charge in [-0.25, -0.2) is 9.18 Å². The zero-order valence-electron chi connectivity index (χ0n) is 13.4. The van der Waals surface area contributed by atoms with Crippen LogP contribution in [0, 0.1) is 5.82 Å². The van der Waals surface area contributed by atoms with Crippen LogP contribution >= 0.6 is 0 Å². The lowest BCUT2D eigenvalue weighted by molar-refractivity contribution is 0.0240. The molecule has 22 heavy (non-hydrogen) atoms. The topological polar surface area (TPSA) is 58.8 Å². The van der Waals surface area contributed by atoms with E-state index in [0.29, 0.717) is 32.7 Å². The highest BCUT2D eigenvalue weighted by Crippen LogP contribution is 2.23. The lowest BCUT2D eigenvalue weighted by Crippen LogP contribution is -2.50. The minimum absolute atomic E-state index is 0.281. The monoisotopic (exact) mass is 309 g/mol. The summed E-state index contributed by atoms with van der Waals surface area (Å²) in [4.78, 5) is 15.9. The number of benzene rings is 1. The molecule has 1 saturated heterocycles. The molecule has 2 N–H and O–H groups in total. The van der Waals surface area contributed by atoms with Gasteiger partial charge < -0.3 is 20.3 Å². The zero-order chi connectivity index (χ0) is 16.3. The molecule has 0 spiro atoms. The Bertz CT molecular complexity index is 535. The summed E-state index contributed by atoms with van der Waals surface area (Å²) in [5, 5.41) is 0. The number of nitrogens with two attached hydrogens (primary N) is 1. The second-order valence-corrected chi connectivity index (χ2v) is 6.43. The summed E-state index contributed by atoms with van der Waals surface area (Å²) >= 11 is 0. The Labute approximate surface area is 130 Å². The summed E-state index contributed by atoms with van der Waals surface area (Å²) < 4.78 is 18.7. The van der Waals surface area contributed by atoms with Gasteiger partial charge in [-0.05, 0) is 44.5 Å². The van der Waals surface area contributed by atoms with E-state index < -0.39 is 5.60 Å². The number of hydrogen-bond acceptors (Lipinski definition) is 4. The van der Waals surface area contributed by atoms with Gasteiger partial charge in [0.2, 0.25) is 0 Å². The highest BCUT2D eigenvalue weighted by molar-refractivity contribution is 5.68. The van der Waals surface area contributed by atoms with Crippen molar-refractivity contribution in [3.63, 3.8) is 0 Å². The number of anilines is 1. The van der Waals surface area contributed by atoms with Crippen molar-refractivity contribution in [3.05, 3.63) is 29.6 Å². The van der Waals surface area contributed by atoms with Crippen LogP contribution in [0.5, 0.6) is 0 Å². The highest BCUT2D eigenvalue weighted by Gasteiger charge is 2.26. The quantitative estimate of drug-likeness (QED) is 0.911. The number of carbonyl (C=O) groups is 1. The number of rotatable bonds is 2. The van der Waals surface area contributed by atoms with E-state index in [4.69, 9.17) is 10.5 Å². The number of nitrogens with zero attached hydrogens (tertiary/aromatic N) is 2. The lowest BCUT2D eigenvalue weighted by Gasteiger charge is -2.37. The molecule has 1 aromatic rings. The van der Waals surface area contributed by atoms with E-state index in [9.17, 15) is 9.18 Å². The van der Waals surface area contributed by atoms with Gasteiger partial charge in [-0.2, -0.15) is 0 Å². The number of ether oxygens (including phenoxy) is 1. The Kier molecular flexibility index (Phi) is 4.90. The van der Waals surface area contributed by atoms with Gasteiger partial charge in [-0.15, -0.1) is 0 Å². The first-order valence-electron chi connectivity index (χ1n) is 7.51. The second kappa shape index (κ2) is 6.52. The fourth-order valence-corrected chi connectivity index (χ4v) is 2.48. The van der Waals surface area contributed by atoms with E-state index in [1.54, 1.807) is 11.0 Å². The fourth-order valence-electron chi connectivity index (χ4n) is 2.48. The summed E-state index contributed by atoms with van der Waals surface area (Å²) in [7, 11) is 0. The molecule has 1 fully saturated rings. The molecular weight excluding hydrogens is 285 g/mol. The molecule has 1 aliphatic heterocycles. The van der Waals surface area contributed by atoms with Crippen molar-refractivity contribution in [2.75, 3.05) is 31.1 Å². The Morgan fingerprint density at radius 1 is 1.27 bits per heavy atom. The smallest absolute Gasteiger partial charge is 0.410 e. The average molecular weight is 309 g/mol. The molecule has 122 valence electrons. The molecule has 0 unspecified atom stereocenters. The minimum Gasteiger partial charge on any atom is -0.444 e. The number of hydrogen-bond donors (Lipinski definition) is 1. The van der Waals surface area contributed by atoms with Crippen LogP contribution in [0.3, 0.4) is 0 Å². The van der Waals surface area contributed by atoms with Crippen molar-refractivity contribution in [1.82, 2.24) is 4.90 Å². The Balaban J connectivity index is 1.99. The van der Waals surface area contributed by atoms with Crippen LogP contribution in [0.2, 0.25) is 0 Å². The summed E-state index contributed by atoms with van der Waals surface area (Å²) in [6.45, 7) is 8.37. The Morgan fingerprint density at radius 2 is 1.91 bits per heavy atom. The molecule has 0 bridgehead atoms. The normalized spacial score (nSPS) is 15.9. The lowest BCUT2D eigenvalue weighted by atomic mass is 10.1. The van der Waals surface area contributed by atoms with Gasteiger partial charge in [0.25, 0.3) is 0 Å². The van der Waals surface area contributed by atoms with Crippen molar-refractivity contribution in [2.24, 2.45) is 5.73 Å². The van der Waals surface area contributed by atoms with Crippen LogP contribution in [0.25, 0.3) is 0 Å². The molecule has 0 aromatic heterocycles. The van der Waals surface area contributed by atoms with Crippen LogP contribution in [-0.2, 0) is 11.3 Å². The Hall–Kier alpha value is -1.82. The zero-order valence-corrected chi connectivity index (χ0v) is 13.4. The van der Waals surface area contributed by atoms with Crippen LogP contribution in [-0.4, -0.2) is 42.8 Å². The number of amides is 1. The molecule has 2 rings (SSSR count). The van der Waals surface area contributed by atoms with Crippen LogP contribution in [0.15, 0.2) is 18.2 Å². The van der Waals surface area contributed by atoms with Crippen molar-refractivity contribution in [3.8, 4) is 0 Å². The maximum absolute atomic E-state index is 13.3. The first kappa shape index (κ1) is 16.5. The van der Waals surface area contributed by atoms with Crippen LogP contribution in [0.1, 0.15) is 26.3 Å². The first-order valence-corrected chi connectivity index (χ1v) is 7.51. The maximum Gasteiger partial charge on any atom is 0.410 e. The van der Waals surface area contributed by atoms with Gasteiger partial charge in [-0.1, -0.05) is 0 Å². The first-order chi connectivity index (χ1) is 10.3. The summed E-state index contributed by atoms with van der Waals surface area (Å²) in [6, 6.07) is 4.66. The molecule has 0 radical (unpaired) electrons. The van der Waals surface area contributed by atoms with Crippen LogP contribution < -0.4 is 10.6 Å². The molecule has 1 aromatic carbocycles. The van der Waals surface area contributed by atoms with Crippen molar-refractivity contribution in [2.45, 2.75) is 32.9 Å². The van der Waals surface area contributed by atoms with E-state index in [0.717, 1.165) is 11.3 Å². The molecule has 0 aliphatic carbocycles. The highest BCUT2D eigenvalue weighted by atomic mass is 19.1. The van der Waals surface area contributed by atoms with Gasteiger partial charge >= 0.3 is 6.09 Å². The summed E-state index contributed by atoms with van der Waals surface area (Å²) in [5.74, 6) is -0.281. The number of halogens is 1. The number of carbonyl (C=O) groups excluding carboxylic acids is 1. The third-order valence-electron chi connectivity index (χ3n) is 3.53. The second-order valence-electron chi connectivity index (χ2n) is 6.43.